The molecule has 0 radical (unpaired) electrons. The van der Waals surface area contributed by atoms with Gasteiger partial charge in [-0.25, -0.2) is 0 Å². The Morgan fingerprint density at radius 2 is 2.06 bits per heavy atom. The second kappa shape index (κ2) is 8.30. The zero-order chi connectivity index (χ0) is 13.2. The number of hydrogen-bond acceptors (Lipinski definition) is 2. The SMILES string of the molecule is CCCCCCCC(=O)Nc1cccc(C#N)c1. The van der Waals surface area contributed by atoms with Crippen LogP contribution in [0.25, 0.3) is 0 Å². The van der Waals surface area contributed by atoms with Gasteiger partial charge in [0.1, 0.15) is 0 Å². The number of rotatable bonds is 7. The number of anilines is 1. The van der Waals surface area contributed by atoms with Gasteiger partial charge >= 0.3 is 0 Å². The molecule has 1 amide bonds. The molecule has 3 nitrogen and oxygen atoms in total. The molecule has 0 aromatic heterocycles. The first kappa shape index (κ1) is 14.2. The number of benzene rings is 1. The molecule has 0 bridgehead atoms. The van der Waals surface area contributed by atoms with Crippen molar-refractivity contribution in [3.05, 3.63) is 29.8 Å². The first-order valence-electron chi connectivity index (χ1n) is 6.56. The zero-order valence-corrected chi connectivity index (χ0v) is 10.9. The molecular weight excluding hydrogens is 224 g/mol. The molecule has 1 rings (SSSR count). The Bertz CT molecular complexity index is 421. The van der Waals surface area contributed by atoms with Crippen LogP contribution in [0.2, 0.25) is 0 Å². The maximum atomic E-state index is 11.7. The molecule has 0 aliphatic carbocycles. The van der Waals surface area contributed by atoms with Crippen LogP contribution in [0.4, 0.5) is 5.69 Å². The van der Waals surface area contributed by atoms with E-state index < -0.39 is 0 Å². The molecule has 0 heterocycles. The van der Waals surface area contributed by atoms with Crippen molar-refractivity contribution in [2.75, 3.05) is 5.32 Å². The van der Waals surface area contributed by atoms with Crippen molar-refractivity contribution in [3.8, 4) is 6.07 Å². The van der Waals surface area contributed by atoms with Gasteiger partial charge in [-0.15, -0.1) is 0 Å². The lowest BCUT2D eigenvalue weighted by atomic mass is 10.1. The van der Waals surface area contributed by atoms with Crippen LogP contribution in [0.5, 0.6) is 0 Å². The van der Waals surface area contributed by atoms with Crippen LogP contribution < -0.4 is 5.32 Å². The summed E-state index contributed by atoms with van der Waals surface area (Å²) in [6.07, 6.45) is 6.26. The number of nitrogens with one attached hydrogen (secondary N) is 1. The summed E-state index contributed by atoms with van der Waals surface area (Å²) in [5.41, 5.74) is 1.27. The number of carbonyl (C=O) groups excluding carboxylic acids is 1. The highest BCUT2D eigenvalue weighted by Crippen LogP contribution is 2.11. The van der Waals surface area contributed by atoms with Gasteiger partial charge in [0, 0.05) is 12.1 Å². The monoisotopic (exact) mass is 244 g/mol. The molecule has 0 fully saturated rings. The molecule has 1 aromatic rings. The number of hydrogen-bond donors (Lipinski definition) is 1. The first-order valence-corrected chi connectivity index (χ1v) is 6.56. The van der Waals surface area contributed by atoms with E-state index >= 15 is 0 Å². The summed E-state index contributed by atoms with van der Waals surface area (Å²) in [5, 5.41) is 11.6. The molecule has 0 aliphatic rings. The van der Waals surface area contributed by atoms with Crippen molar-refractivity contribution in [1.82, 2.24) is 0 Å². The summed E-state index contributed by atoms with van der Waals surface area (Å²) in [6.45, 7) is 2.18. The second-order valence-electron chi connectivity index (χ2n) is 4.40. The number of unbranched alkanes of at least 4 members (excludes halogenated alkanes) is 4. The predicted molar refractivity (Wildman–Crippen MR) is 73.2 cm³/mol. The third-order valence-electron chi connectivity index (χ3n) is 2.78. The van der Waals surface area contributed by atoms with Crippen LogP contribution in [-0.4, -0.2) is 5.91 Å². The Hall–Kier alpha value is -1.82. The van der Waals surface area contributed by atoms with Crippen molar-refractivity contribution in [2.45, 2.75) is 45.4 Å². The second-order valence-corrected chi connectivity index (χ2v) is 4.40. The van der Waals surface area contributed by atoms with Crippen LogP contribution in [0.3, 0.4) is 0 Å². The molecule has 0 atom stereocenters. The molecule has 0 saturated heterocycles. The molecular formula is C15H20N2O. The summed E-state index contributed by atoms with van der Waals surface area (Å²) in [7, 11) is 0. The summed E-state index contributed by atoms with van der Waals surface area (Å²) in [5.74, 6) is 0.0292. The number of amides is 1. The maximum Gasteiger partial charge on any atom is 0.224 e. The van der Waals surface area contributed by atoms with E-state index in [9.17, 15) is 4.79 Å². The number of carbonyl (C=O) groups is 1. The van der Waals surface area contributed by atoms with Gasteiger partial charge in [0.05, 0.1) is 11.6 Å². The van der Waals surface area contributed by atoms with Crippen LogP contribution in [-0.2, 0) is 4.79 Å². The van der Waals surface area contributed by atoms with Crippen LogP contribution >= 0.6 is 0 Å². The Labute approximate surface area is 109 Å². The van der Waals surface area contributed by atoms with Crippen molar-refractivity contribution < 1.29 is 4.79 Å². The van der Waals surface area contributed by atoms with Gasteiger partial charge in [-0.1, -0.05) is 38.7 Å². The van der Waals surface area contributed by atoms with Gasteiger partial charge in [-0.05, 0) is 24.6 Å². The largest absolute Gasteiger partial charge is 0.326 e. The molecule has 0 aliphatic heterocycles. The van der Waals surface area contributed by atoms with E-state index in [0.717, 1.165) is 12.8 Å². The van der Waals surface area contributed by atoms with Gasteiger partial charge in [-0.3, -0.25) is 4.79 Å². The molecule has 1 aromatic carbocycles. The van der Waals surface area contributed by atoms with Crippen LogP contribution in [0.15, 0.2) is 24.3 Å². The van der Waals surface area contributed by atoms with E-state index in [0.29, 0.717) is 17.7 Å². The van der Waals surface area contributed by atoms with E-state index in [-0.39, 0.29) is 5.91 Å². The third-order valence-corrected chi connectivity index (χ3v) is 2.78. The zero-order valence-electron chi connectivity index (χ0n) is 10.9. The quantitative estimate of drug-likeness (QED) is 0.740. The minimum absolute atomic E-state index is 0.0292. The summed E-state index contributed by atoms with van der Waals surface area (Å²) < 4.78 is 0. The lowest BCUT2D eigenvalue weighted by molar-refractivity contribution is -0.116. The minimum Gasteiger partial charge on any atom is -0.326 e. The fourth-order valence-electron chi connectivity index (χ4n) is 1.78. The van der Waals surface area contributed by atoms with Gasteiger partial charge in [0.25, 0.3) is 0 Å². The maximum absolute atomic E-state index is 11.7. The van der Waals surface area contributed by atoms with Gasteiger partial charge in [-0.2, -0.15) is 5.26 Å². The molecule has 0 unspecified atom stereocenters. The third kappa shape index (κ3) is 5.49. The van der Waals surface area contributed by atoms with Crippen molar-refractivity contribution in [2.24, 2.45) is 0 Å². The van der Waals surface area contributed by atoms with E-state index in [4.69, 9.17) is 5.26 Å². The standard InChI is InChI=1S/C15H20N2O/c1-2-3-4-5-6-10-15(18)17-14-9-7-8-13(11-14)12-16/h7-9,11H,2-6,10H2,1H3,(H,17,18). The highest BCUT2D eigenvalue weighted by atomic mass is 16.1. The summed E-state index contributed by atoms with van der Waals surface area (Å²) in [6, 6.07) is 9.04. The average molecular weight is 244 g/mol. The normalized spacial score (nSPS) is 9.78. The van der Waals surface area contributed by atoms with E-state index in [1.165, 1.54) is 19.3 Å². The topological polar surface area (TPSA) is 52.9 Å². The highest BCUT2D eigenvalue weighted by Gasteiger charge is 2.02. The van der Waals surface area contributed by atoms with Crippen LogP contribution in [0.1, 0.15) is 51.0 Å². The van der Waals surface area contributed by atoms with Gasteiger partial charge < -0.3 is 5.32 Å². The molecule has 18 heavy (non-hydrogen) atoms. The predicted octanol–water partition coefficient (Wildman–Crippen LogP) is 3.86. The lowest BCUT2D eigenvalue weighted by Crippen LogP contribution is -2.11. The summed E-state index contributed by atoms with van der Waals surface area (Å²) >= 11 is 0. The van der Waals surface area contributed by atoms with E-state index in [1.807, 2.05) is 0 Å². The molecule has 3 heteroatoms. The molecule has 1 N–H and O–H groups in total. The highest BCUT2D eigenvalue weighted by molar-refractivity contribution is 5.90. The lowest BCUT2D eigenvalue weighted by Gasteiger charge is -2.05. The Kier molecular flexibility index (Phi) is 6.56. The van der Waals surface area contributed by atoms with E-state index in [2.05, 4.69) is 18.3 Å². The molecule has 96 valence electrons. The number of nitriles is 1. The fraction of sp³-hybridized carbons (Fsp3) is 0.467. The first-order chi connectivity index (χ1) is 8.76. The summed E-state index contributed by atoms with van der Waals surface area (Å²) in [4.78, 5) is 11.7. The van der Waals surface area contributed by atoms with E-state index in [1.54, 1.807) is 24.3 Å². The Morgan fingerprint density at radius 1 is 1.28 bits per heavy atom. The van der Waals surface area contributed by atoms with Gasteiger partial charge in [0.2, 0.25) is 5.91 Å². The smallest absolute Gasteiger partial charge is 0.224 e. The number of nitrogens with zero attached hydrogens (tertiary/aromatic N) is 1. The minimum atomic E-state index is 0.0292. The van der Waals surface area contributed by atoms with Crippen molar-refractivity contribution in [3.63, 3.8) is 0 Å². The van der Waals surface area contributed by atoms with Crippen LogP contribution in [0, 0.1) is 11.3 Å². The Balaban J connectivity index is 2.29. The average Bonchev–Trinajstić information content (AvgIpc) is 2.38. The Morgan fingerprint density at radius 3 is 2.78 bits per heavy atom. The van der Waals surface area contributed by atoms with Crippen molar-refractivity contribution in [1.29, 1.82) is 5.26 Å². The molecule has 0 spiro atoms. The van der Waals surface area contributed by atoms with Gasteiger partial charge in [0.15, 0.2) is 0 Å². The molecule has 0 saturated carbocycles. The fourth-order valence-corrected chi connectivity index (χ4v) is 1.78. The van der Waals surface area contributed by atoms with Crippen molar-refractivity contribution >= 4 is 11.6 Å².